The third-order valence-electron chi connectivity index (χ3n) is 2.52. The van der Waals surface area contributed by atoms with E-state index in [-0.39, 0.29) is 24.8 Å². The molecule has 0 amide bonds. The van der Waals surface area contributed by atoms with Crippen molar-refractivity contribution in [3.05, 3.63) is 53.6 Å². The summed E-state index contributed by atoms with van der Waals surface area (Å²) in [5.41, 5.74) is 2.95. The summed E-state index contributed by atoms with van der Waals surface area (Å²) in [6, 6.07) is 9.73. The standard InChI is InChI=1S/C13H14N4.2ClH/c14-7-11-1-3-12(4-2-11)8-15-6-5-13-9-16-10-17-13;;/h1-4,9-10,15H,5-6,8H2,(H,16,17);2*1H. The maximum Gasteiger partial charge on any atom is 0.0991 e. The monoisotopic (exact) mass is 298 g/mol. The summed E-state index contributed by atoms with van der Waals surface area (Å²) in [6.07, 6.45) is 4.51. The molecule has 102 valence electrons. The summed E-state index contributed by atoms with van der Waals surface area (Å²) < 4.78 is 0. The summed E-state index contributed by atoms with van der Waals surface area (Å²) >= 11 is 0. The lowest BCUT2D eigenvalue weighted by Gasteiger charge is -2.03. The van der Waals surface area contributed by atoms with Crippen LogP contribution in [0.2, 0.25) is 0 Å². The highest BCUT2D eigenvalue weighted by Crippen LogP contribution is 2.02. The Bertz CT molecular complexity index is 488. The van der Waals surface area contributed by atoms with E-state index in [1.165, 1.54) is 5.56 Å². The first-order chi connectivity index (χ1) is 8.38. The number of nitrogens with zero attached hydrogens (tertiary/aromatic N) is 2. The van der Waals surface area contributed by atoms with E-state index in [9.17, 15) is 0 Å². The number of hydrogen-bond acceptors (Lipinski definition) is 3. The molecule has 1 heterocycles. The third kappa shape index (κ3) is 5.75. The van der Waals surface area contributed by atoms with E-state index in [1.807, 2.05) is 30.5 Å². The van der Waals surface area contributed by atoms with Crippen molar-refractivity contribution in [2.24, 2.45) is 0 Å². The lowest BCUT2D eigenvalue weighted by atomic mass is 10.1. The number of nitriles is 1. The van der Waals surface area contributed by atoms with Gasteiger partial charge in [-0.1, -0.05) is 12.1 Å². The molecule has 4 nitrogen and oxygen atoms in total. The second kappa shape index (κ2) is 9.40. The lowest BCUT2D eigenvalue weighted by molar-refractivity contribution is 0.681. The highest BCUT2D eigenvalue weighted by atomic mass is 35.5. The van der Waals surface area contributed by atoms with Crippen LogP contribution in [0.4, 0.5) is 0 Å². The van der Waals surface area contributed by atoms with E-state index in [2.05, 4.69) is 21.4 Å². The predicted molar refractivity (Wildman–Crippen MR) is 79.7 cm³/mol. The van der Waals surface area contributed by atoms with Gasteiger partial charge in [-0.3, -0.25) is 0 Å². The van der Waals surface area contributed by atoms with Crippen LogP contribution in [0.25, 0.3) is 0 Å². The molecule has 0 saturated carbocycles. The average molecular weight is 299 g/mol. The van der Waals surface area contributed by atoms with Crippen LogP contribution in [-0.2, 0) is 13.0 Å². The number of aromatic nitrogens is 2. The second-order valence-corrected chi connectivity index (χ2v) is 3.80. The Balaban J connectivity index is 0.00000162. The zero-order valence-corrected chi connectivity index (χ0v) is 11.9. The molecule has 1 aromatic heterocycles. The van der Waals surface area contributed by atoms with Gasteiger partial charge < -0.3 is 10.3 Å². The first kappa shape index (κ1) is 17.5. The van der Waals surface area contributed by atoms with Crippen LogP contribution in [-0.4, -0.2) is 16.5 Å². The highest BCUT2D eigenvalue weighted by Gasteiger charge is 1.96. The summed E-state index contributed by atoms with van der Waals surface area (Å²) in [6.45, 7) is 1.71. The third-order valence-corrected chi connectivity index (χ3v) is 2.52. The fourth-order valence-corrected chi connectivity index (χ4v) is 1.57. The molecule has 1 aromatic carbocycles. The van der Waals surface area contributed by atoms with Crippen molar-refractivity contribution in [1.29, 1.82) is 5.26 Å². The summed E-state index contributed by atoms with van der Waals surface area (Å²) in [4.78, 5) is 7.08. The Kier molecular flexibility index (Phi) is 8.64. The van der Waals surface area contributed by atoms with Gasteiger partial charge in [0.15, 0.2) is 0 Å². The molecule has 2 rings (SSSR count). The van der Waals surface area contributed by atoms with Gasteiger partial charge in [0, 0.05) is 25.7 Å². The van der Waals surface area contributed by atoms with Crippen molar-refractivity contribution in [2.45, 2.75) is 13.0 Å². The largest absolute Gasteiger partial charge is 0.351 e. The van der Waals surface area contributed by atoms with E-state index in [0.717, 1.165) is 25.2 Å². The molecule has 0 bridgehead atoms. The van der Waals surface area contributed by atoms with E-state index < -0.39 is 0 Å². The van der Waals surface area contributed by atoms with Gasteiger partial charge in [-0.2, -0.15) is 5.26 Å². The molecule has 0 aliphatic heterocycles. The van der Waals surface area contributed by atoms with E-state index in [0.29, 0.717) is 5.56 Å². The fourth-order valence-electron chi connectivity index (χ4n) is 1.57. The van der Waals surface area contributed by atoms with Crippen molar-refractivity contribution in [1.82, 2.24) is 15.3 Å². The van der Waals surface area contributed by atoms with Gasteiger partial charge >= 0.3 is 0 Å². The molecule has 0 spiro atoms. The predicted octanol–water partition coefficient (Wildman–Crippen LogP) is 2.46. The topological polar surface area (TPSA) is 64.5 Å². The van der Waals surface area contributed by atoms with E-state index in [1.54, 1.807) is 6.33 Å². The van der Waals surface area contributed by atoms with Gasteiger partial charge in [0.25, 0.3) is 0 Å². The van der Waals surface area contributed by atoms with Crippen LogP contribution in [0.1, 0.15) is 16.8 Å². The molecule has 0 radical (unpaired) electrons. The quantitative estimate of drug-likeness (QED) is 0.834. The lowest BCUT2D eigenvalue weighted by Crippen LogP contribution is -2.16. The molecular formula is C13H16Cl2N4. The molecular weight excluding hydrogens is 283 g/mol. The molecule has 0 atom stereocenters. The number of H-pyrrole nitrogens is 1. The Morgan fingerprint density at radius 1 is 1.21 bits per heavy atom. The van der Waals surface area contributed by atoms with Crippen molar-refractivity contribution >= 4 is 24.8 Å². The Labute approximate surface area is 125 Å². The Morgan fingerprint density at radius 3 is 2.53 bits per heavy atom. The minimum absolute atomic E-state index is 0. The number of rotatable bonds is 5. The number of aromatic amines is 1. The average Bonchev–Trinajstić information content (AvgIpc) is 2.88. The van der Waals surface area contributed by atoms with Crippen molar-refractivity contribution < 1.29 is 0 Å². The van der Waals surface area contributed by atoms with Crippen LogP contribution in [0.5, 0.6) is 0 Å². The van der Waals surface area contributed by atoms with Gasteiger partial charge in [0.1, 0.15) is 0 Å². The molecule has 2 N–H and O–H groups in total. The maximum atomic E-state index is 8.67. The van der Waals surface area contributed by atoms with Crippen LogP contribution >= 0.6 is 24.8 Å². The minimum atomic E-state index is 0. The van der Waals surface area contributed by atoms with E-state index in [4.69, 9.17) is 5.26 Å². The highest BCUT2D eigenvalue weighted by molar-refractivity contribution is 5.85. The molecule has 0 fully saturated rings. The smallest absolute Gasteiger partial charge is 0.0991 e. The number of imidazole rings is 1. The Morgan fingerprint density at radius 2 is 1.95 bits per heavy atom. The van der Waals surface area contributed by atoms with Crippen LogP contribution in [0, 0.1) is 11.3 Å². The van der Waals surface area contributed by atoms with Gasteiger partial charge in [-0.05, 0) is 17.7 Å². The van der Waals surface area contributed by atoms with Gasteiger partial charge in [0.05, 0.1) is 23.7 Å². The van der Waals surface area contributed by atoms with Crippen LogP contribution in [0.3, 0.4) is 0 Å². The number of hydrogen-bond donors (Lipinski definition) is 2. The fraction of sp³-hybridized carbons (Fsp3) is 0.231. The van der Waals surface area contributed by atoms with Gasteiger partial charge in [-0.25, -0.2) is 4.98 Å². The second-order valence-electron chi connectivity index (χ2n) is 3.80. The summed E-state index contributed by atoms with van der Waals surface area (Å²) in [7, 11) is 0. The zero-order chi connectivity index (χ0) is 11.9. The number of halogens is 2. The van der Waals surface area contributed by atoms with Gasteiger partial charge in [-0.15, -0.1) is 24.8 Å². The molecule has 0 aliphatic rings. The number of nitrogens with one attached hydrogen (secondary N) is 2. The first-order valence-electron chi connectivity index (χ1n) is 5.56. The SMILES string of the molecule is Cl.Cl.N#Cc1ccc(CNCCc2c[nH]cn2)cc1. The zero-order valence-electron chi connectivity index (χ0n) is 10.3. The maximum absolute atomic E-state index is 8.67. The minimum Gasteiger partial charge on any atom is -0.351 e. The molecule has 2 aromatic rings. The van der Waals surface area contributed by atoms with E-state index >= 15 is 0 Å². The van der Waals surface area contributed by atoms with Gasteiger partial charge in [0.2, 0.25) is 0 Å². The first-order valence-corrected chi connectivity index (χ1v) is 5.56. The van der Waals surface area contributed by atoms with Crippen molar-refractivity contribution in [2.75, 3.05) is 6.54 Å². The van der Waals surface area contributed by atoms with Crippen molar-refractivity contribution in [3.8, 4) is 6.07 Å². The molecule has 0 unspecified atom stereocenters. The van der Waals surface area contributed by atoms with Crippen LogP contribution in [0.15, 0.2) is 36.8 Å². The van der Waals surface area contributed by atoms with Crippen molar-refractivity contribution in [3.63, 3.8) is 0 Å². The Hall–Kier alpha value is -1.54. The number of benzene rings is 1. The summed E-state index contributed by atoms with van der Waals surface area (Å²) in [5, 5.41) is 12.0. The van der Waals surface area contributed by atoms with Crippen LogP contribution < -0.4 is 5.32 Å². The normalized spacial score (nSPS) is 9.00. The molecule has 19 heavy (non-hydrogen) atoms. The molecule has 0 saturated heterocycles. The summed E-state index contributed by atoms with van der Waals surface area (Å²) in [5.74, 6) is 0. The molecule has 6 heteroatoms. The molecule has 0 aliphatic carbocycles.